The summed E-state index contributed by atoms with van der Waals surface area (Å²) in [6.45, 7) is 26.2. The van der Waals surface area contributed by atoms with Crippen LogP contribution in [0.4, 0.5) is 75.3 Å². The van der Waals surface area contributed by atoms with Gasteiger partial charge in [-0.05, 0) is 105 Å². The molecule has 3 aromatic rings. The number of alkyl halides is 9. The van der Waals surface area contributed by atoms with Crippen LogP contribution in [0, 0.1) is 26.0 Å². The summed E-state index contributed by atoms with van der Waals surface area (Å²) in [5.41, 5.74) is -0.981. The average Bonchev–Trinajstić information content (AvgIpc) is 3.01. The fraction of sp³-hybridized carbons (Fsp3) is 0.611. The monoisotopic (exact) mass is 1250 g/mol. The molecular weight excluding hydrogens is 1170 g/mol. The number of nitrogens with zero attached hydrogens (tertiary/aromatic N) is 8. The Morgan fingerprint density at radius 2 is 0.791 bits per heavy atom. The summed E-state index contributed by atoms with van der Waals surface area (Å²) in [6, 6.07) is 6.26. The number of nitrogens with two attached hydrogens (primary N) is 1. The fourth-order valence-electron chi connectivity index (χ4n) is 7.80. The highest BCUT2D eigenvalue weighted by atomic mass is 19.4. The maximum absolute atomic E-state index is 12.7. The first kappa shape index (κ1) is 73.1. The highest BCUT2D eigenvalue weighted by Crippen LogP contribution is 2.37. The van der Waals surface area contributed by atoms with Gasteiger partial charge in [0.15, 0.2) is 5.75 Å². The first-order chi connectivity index (χ1) is 39.6. The Morgan fingerprint density at radius 3 is 1.10 bits per heavy atom. The molecule has 6 rings (SSSR count). The van der Waals surface area contributed by atoms with Gasteiger partial charge < -0.3 is 49.2 Å². The maximum atomic E-state index is 12.7. The van der Waals surface area contributed by atoms with Gasteiger partial charge in [-0.3, -0.25) is 34.9 Å². The van der Waals surface area contributed by atoms with Crippen molar-refractivity contribution in [3.63, 3.8) is 0 Å². The van der Waals surface area contributed by atoms with Crippen molar-refractivity contribution in [3.05, 3.63) is 97.3 Å². The number of amides is 3. The average molecular weight is 1250 g/mol. The Hall–Kier alpha value is -7.19. The van der Waals surface area contributed by atoms with Gasteiger partial charge in [-0.15, -0.1) is 0 Å². The molecule has 0 aromatic heterocycles. The lowest BCUT2D eigenvalue weighted by atomic mass is 10.2. The summed E-state index contributed by atoms with van der Waals surface area (Å²) in [4.78, 5) is 66.1. The quantitative estimate of drug-likeness (QED) is 0.0562. The number of hydrogen-bond donors (Lipinski definition) is 2. The van der Waals surface area contributed by atoms with Gasteiger partial charge in [-0.2, -0.15) is 43.9 Å². The number of aliphatic hydroxyl groups excluding tert-OH is 1. The van der Waals surface area contributed by atoms with E-state index in [0.29, 0.717) is 110 Å². The largest absolute Gasteiger partial charge is 0.490 e. The normalized spacial score (nSPS) is 15.8. The van der Waals surface area contributed by atoms with Gasteiger partial charge in [0.05, 0.1) is 38.8 Å². The Balaban J connectivity index is 0.000000313. The Bertz CT molecular complexity index is 2700. The van der Waals surface area contributed by atoms with Crippen LogP contribution in [-0.2, 0) is 32.7 Å². The van der Waals surface area contributed by atoms with Gasteiger partial charge >= 0.3 is 48.2 Å². The molecule has 0 bridgehead atoms. The van der Waals surface area contributed by atoms with E-state index >= 15 is 0 Å². The summed E-state index contributed by atoms with van der Waals surface area (Å²) in [6.07, 6.45) is -14.8. The number of ether oxygens (including phenoxy) is 5. The molecule has 3 aromatic carbocycles. The van der Waals surface area contributed by atoms with Crippen LogP contribution in [0.2, 0.25) is 0 Å². The van der Waals surface area contributed by atoms with Crippen LogP contribution in [0.5, 0.6) is 11.5 Å². The molecule has 3 aliphatic heterocycles. The smallest absolute Gasteiger partial charge is 0.416 e. The molecule has 3 heterocycles. The number of nitrogen functional groups attached to an aromatic ring is 1. The molecule has 3 aliphatic rings. The molecule has 0 aliphatic carbocycles. The van der Waals surface area contributed by atoms with Crippen molar-refractivity contribution < 1.29 is 96.9 Å². The first-order valence-electron chi connectivity index (χ1n) is 26.9. The van der Waals surface area contributed by atoms with E-state index < -0.39 is 79.1 Å². The van der Waals surface area contributed by atoms with Crippen molar-refractivity contribution in [2.45, 2.75) is 97.6 Å². The highest BCUT2D eigenvalue weighted by molar-refractivity contribution is 5.69. The molecule has 0 atom stereocenters. The molecule has 0 saturated carbocycles. The van der Waals surface area contributed by atoms with Crippen molar-refractivity contribution in [1.82, 2.24) is 29.4 Å². The lowest BCUT2D eigenvalue weighted by Crippen LogP contribution is -2.50. The van der Waals surface area contributed by atoms with Gasteiger partial charge in [0.1, 0.15) is 35.8 Å². The summed E-state index contributed by atoms with van der Waals surface area (Å²) in [7, 11) is 0. The van der Waals surface area contributed by atoms with E-state index in [9.17, 15) is 78.5 Å². The standard InChI is InChI=1S/C18H24F3N3O5.C18H26F3N3O3.C11H22N2O3.C7H3F4NO2/c1-17(2,3)29-16(25)23-8-6-22(7-9-23)10-11-28-15-5-4-13(18(19,20)21)12-14(15)24(26)27;1-17(2,3)27-16(25)24-8-6-23(7-9-24)10-11-26-15-5-4-13(12-14(15)22)18(19,20)21;1-11(2,3)16-10(15)13-6-4-12(5-7-13)8-9-14;8-5-2-1-4(7(9,10)11)3-6(5)12(13)14/h4-5,12H,6-11H2,1-3H3;4-5,12H,6-11,22H2,1-3H3;14H,4-9H2,1-3H3;1-3H. The van der Waals surface area contributed by atoms with E-state index in [2.05, 4.69) is 9.80 Å². The molecule has 0 spiro atoms. The number of nitro benzene ring substituents is 2. The zero-order valence-corrected chi connectivity index (χ0v) is 49.2. The number of rotatable bonds is 12. The number of aliphatic hydroxyl groups is 1. The molecular formula is C54H75F10N9O13. The molecule has 484 valence electrons. The third-order valence-corrected chi connectivity index (χ3v) is 12.1. The second kappa shape index (κ2) is 31.5. The van der Waals surface area contributed by atoms with Gasteiger partial charge in [0.25, 0.3) is 0 Å². The molecule has 3 amide bonds. The predicted molar refractivity (Wildman–Crippen MR) is 293 cm³/mol. The van der Waals surface area contributed by atoms with Crippen LogP contribution in [-0.4, -0.2) is 197 Å². The van der Waals surface area contributed by atoms with Gasteiger partial charge in [0, 0.05) is 110 Å². The minimum Gasteiger partial charge on any atom is -0.490 e. The van der Waals surface area contributed by atoms with Gasteiger partial charge in [-0.25, -0.2) is 14.4 Å². The number of nitro groups is 2. The van der Waals surface area contributed by atoms with E-state index in [-0.39, 0.29) is 54.7 Å². The summed E-state index contributed by atoms with van der Waals surface area (Å²) in [5.74, 6) is -1.27. The zero-order chi connectivity index (χ0) is 65.2. The fourth-order valence-corrected chi connectivity index (χ4v) is 7.80. The SMILES string of the molecule is CC(C)(C)OC(=O)N1CCN(CCO)CC1.CC(C)(C)OC(=O)N1CCN(CCOc2ccc(C(F)(F)F)cc2N)CC1.CC(C)(C)OC(=O)N1CCN(CCOc2ccc(C(F)(F)F)cc2[N+](=O)[O-])CC1.O=[N+]([O-])c1cc(C(F)(F)F)ccc1F. The van der Waals surface area contributed by atoms with E-state index in [1.165, 1.54) is 6.07 Å². The Labute approximate surface area is 490 Å². The third kappa shape index (κ3) is 26.2. The number of benzene rings is 3. The van der Waals surface area contributed by atoms with E-state index in [1.54, 1.807) is 35.5 Å². The zero-order valence-electron chi connectivity index (χ0n) is 49.2. The summed E-state index contributed by atoms with van der Waals surface area (Å²) >= 11 is 0. The number of carbonyl (C=O) groups excluding carboxylic acids is 3. The predicted octanol–water partition coefficient (Wildman–Crippen LogP) is 10.0. The van der Waals surface area contributed by atoms with Crippen LogP contribution < -0.4 is 15.2 Å². The van der Waals surface area contributed by atoms with Crippen molar-refractivity contribution in [2.75, 3.05) is 124 Å². The second-order valence-electron chi connectivity index (χ2n) is 22.5. The molecule has 86 heavy (non-hydrogen) atoms. The van der Waals surface area contributed by atoms with Crippen molar-refractivity contribution in [1.29, 1.82) is 0 Å². The first-order valence-corrected chi connectivity index (χ1v) is 26.9. The van der Waals surface area contributed by atoms with Crippen LogP contribution in [0.15, 0.2) is 54.6 Å². The third-order valence-electron chi connectivity index (χ3n) is 12.1. The number of halogens is 10. The van der Waals surface area contributed by atoms with Crippen LogP contribution in [0.3, 0.4) is 0 Å². The number of piperazine rings is 3. The number of β-amino-alcohol motifs (C(OH)–C–C–N with tert-alkyl or cyclic N) is 1. The van der Waals surface area contributed by atoms with Crippen molar-refractivity contribution in [3.8, 4) is 11.5 Å². The lowest BCUT2D eigenvalue weighted by molar-refractivity contribution is -0.387. The highest BCUT2D eigenvalue weighted by Gasteiger charge is 2.36. The Kier molecular flexibility index (Phi) is 26.7. The topological polar surface area (TPSA) is 249 Å². The van der Waals surface area contributed by atoms with Gasteiger partial charge in [-0.1, -0.05) is 0 Å². The van der Waals surface area contributed by atoms with E-state index in [0.717, 1.165) is 37.4 Å². The van der Waals surface area contributed by atoms with E-state index in [4.69, 9.17) is 34.5 Å². The molecule has 32 heteroatoms. The van der Waals surface area contributed by atoms with Crippen LogP contribution >= 0.6 is 0 Å². The summed E-state index contributed by atoms with van der Waals surface area (Å²) in [5, 5.41) is 30.0. The molecule has 3 N–H and O–H groups in total. The van der Waals surface area contributed by atoms with Crippen LogP contribution in [0.1, 0.15) is 79.0 Å². The molecule has 3 fully saturated rings. The van der Waals surface area contributed by atoms with Crippen molar-refractivity contribution >= 4 is 35.3 Å². The summed E-state index contributed by atoms with van der Waals surface area (Å²) < 4.78 is 152. The number of carbonyl (C=O) groups is 3. The minimum atomic E-state index is -4.71. The molecule has 0 unspecified atom stereocenters. The molecule has 0 radical (unpaired) electrons. The van der Waals surface area contributed by atoms with Crippen molar-refractivity contribution in [2.24, 2.45) is 0 Å². The minimum absolute atomic E-state index is 0.0421. The molecule has 3 saturated heterocycles. The second-order valence-corrected chi connectivity index (χ2v) is 22.5. The number of anilines is 1. The molecule has 22 nitrogen and oxygen atoms in total. The maximum Gasteiger partial charge on any atom is 0.416 e. The lowest BCUT2D eigenvalue weighted by Gasteiger charge is -2.35. The Morgan fingerprint density at radius 1 is 0.488 bits per heavy atom. The van der Waals surface area contributed by atoms with E-state index in [1.807, 2.05) is 46.4 Å². The van der Waals surface area contributed by atoms with Crippen LogP contribution in [0.25, 0.3) is 0 Å². The van der Waals surface area contributed by atoms with Gasteiger partial charge in [0.2, 0.25) is 5.82 Å². The number of hydrogen-bond acceptors (Lipinski definition) is 17.